The van der Waals surface area contributed by atoms with Gasteiger partial charge in [-0.3, -0.25) is 4.90 Å². The van der Waals surface area contributed by atoms with Crippen LogP contribution in [0.1, 0.15) is 66.0 Å². The van der Waals surface area contributed by atoms with Crippen molar-refractivity contribution in [3.63, 3.8) is 0 Å². The highest BCUT2D eigenvalue weighted by atomic mass is 35.5. The predicted octanol–water partition coefficient (Wildman–Crippen LogP) is 5.56. The molecule has 0 spiro atoms. The van der Waals surface area contributed by atoms with E-state index in [1.165, 1.54) is 51.8 Å². The van der Waals surface area contributed by atoms with Crippen LogP contribution in [0.15, 0.2) is 24.3 Å². The molecule has 2 nitrogen and oxygen atoms in total. The van der Waals surface area contributed by atoms with Gasteiger partial charge >= 0.3 is 0 Å². The van der Waals surface area contributed by atoms with Gasteiger partial charge in [-0.2, -0.15) is 0 Å². The first-order chi connectivity index (χ1) is 12.8. The van der Waals surface area contributed by atoms with Crippen LogP contribution in [-0.2, 0) is 6.42 Å². The number of hydrogen-bond donors (Lipinski definition) is 1. The zero-order chi connectivity index (χ0) is 18.9. The lowest BCUT2D eigenvalue weighted by molar-refractivity contribution is -0.103. The number of hydrogen-bond acceptors (Lipinski definition) is 2. The van der Waals surface area contributed by atoms with Gasteiger partial charge in [0, 0.05) is 24.2 Å². The molecule has 1 saturated heterocycles. The van der Waals surface area contributed by atoms with Crippen LogP contribution < -0.4 is 0 Å². The standard InChI is InChI=1S/C24H28ClNO/c1-14-15(2)23-18(7-9-22(23)26-12-24(3,27)13-26)10-20(14)17-6-8-19(16-4-5-16)21(25)11-17/h6,8,10-11,16,22,27H,4-5,7,9,12-13H2,1-3H3. The van der Waals surface area contributed by atoms with Gasteiger partial charge in [-0.1, -0.05) is 29.8 Å². The lowest BCUT2D eigenvalue weighted by atomic mass is 9.87. The van der Waals surface area contributed by atoms with E-state index < -0.39 is 5.60 Å². The summed E-state index contributed by atoms with van der Waals surface area (Å²) in [6, 6.07) is 9.53. The number of halogens is 1. The quantitative estimate of drug-likeness (QED) is 0.752. The largest absolute Gasteiger partial charge is 0.388 e. The third-order valence-corrected chi connectivity index (χ3v) is 7.24. The Hall–Kier alpha value is -1.35. The summed E-state index contributed by atoms with van der Waals surface area (Å²) in [5, 5.41) is 11.1. The number of benzene rings is 2. The van der Waals surface area contributed by atoms with Crippen molar-refractivity contribution in [3.05, 3.63) is 57.1 Å². The van der Waals surface area contributed by atoms with Crippen molar-refractivity contribution < 1.29 is 5.11 Å². The SMILES string of the molecule is Cc1c(-c2ccc(C3CC3)c(Cl)c2)cc2c(c1C)C(N1CC(C)(O)C1)CC2. The van der Waals surface area contributed by atoms with E-state index in [1.54, 1.807) is 0 Å². The molecular formula is C24H28ClNO. The highest BCUT2D eigenvalue weighted by molar-refractivity contribution is 6.31. The third-order valence-electron chi connectivity index (χ3n) is 6.91. The highest BCUT2D eigenvalue weighted by Gasteiger charge is 2.43. The first-order valence-corrected chi connectivity index (χ1v) is 10.6. The molecule has 1 saturated carbocycles. The molecule has 3 heteroatoms. The molecule has 1 unspecified atom stereocenters. The Morgan fingerprint density at radius 1 is 1.07 bits per heavy atom. The van der Waals surface area contributed by atoms with E-state index in [0.29, 0.717) is 12.0 Å². The van der Waals surface area contributed by atoms with Crippen molar-refractivity contribution in [3.8, 4) is 11.1 Å². The number of likely N-dealkylation sites (tertiary alicyclic amines) is 1. The normalized spacial score (nSPS) is 24.0. The number of aliphatic hydroxyl groups is 1. The lowest BCUT2D eigenvalue weighted by Crippen LogP contribution is -2.60. The fraction of sp³-hybridized carbons (Fsp3) is 0.500. The second kappa shape index (κ2) is 6.07. The van der Waals surface area contributed by atoms with Crippen LogP contribution in [0.3, 0.4) is 0 Å². The van der Waals surface area contributed by atoms with Crippen LogP contribution in [0.5, 0.6) is 0 Å². The van der Waals surface area contributed by atoms with Gasteiger partial charge in [0.15, 0.2) is 0 Å². The molecule has 3 aliphatic rings. The van der Waals surface area contributed by atoms with Gasteiger partial charge in [0.05, 0.1) is 5.60 Å². The molecule has 2 aliphatic carbocycles. The summed E-state index contributed by atoms with van der Waals surface area (Å²) in [7, 11) is 0. The van der Waals surface area contributed by atoms with Crippen molar-refractivity contribution in [2.24, 2.45) is 0 Å². The molecule has 1 N–H and O–H groups in total. The van der Waals surface area contributed by atoms with Crippen LogP contribution in [0, 0.1) is 13.8 Å². The highest BCUT2D eigenvalue weighted by Crippen LogP contribution is 2.47. The molecule has 0 radical (unpaired) electrons. The number of aryl methyl sites for hydroxylation is 1. The van der Waals surface area contributed by atoms with E-state index in [2.05, 4.69) is 43.0 Å². The van der Waals surface area contributed by atoms with Crippen LogP contribution in [0.4, 0.5) is 0 Å². The molecule has 2 aromatic carbocycles. The van der Waals surface area contributed by atoms with Gasteiger partial charge < -0.3 is 5.11 Å². The number of β-amino-alcohol motifs (C(OH)–C–C–N with tert-alkyl or cyclic N) is 1. The first kappa shape index (κ1) is 17.7. The minimum Gasteiger partial charge on any atom is -0.388 e. The molecular weight excluding hydrogens is 354 g/mol. The molecule has 27 heavy (non-hydrogen) atoms. The second-order valence-electron chi connectivity index (χ2n) is 9.21. The molecule has 0 bridgehead atoms. The maximum atomic E-state index is 10.1. The van der Waals surface area contributed by atoms with Gasteiger partial charge in [-0.25, -0.2) is 0 Å². The molecule has 142 valence electrons. The maximum absolute atomic E-state index is 10.1. The summed E-state index contributed by atoms with van der Waals surface area (Å²) >= 11 is 6.61. The number of fused-ring (bicyclic) bond motifs is 1. The number of nitrogens with zero attached hydrogens (tertiary/aromatic N) is 1. The summed E-state index contributed by atoms with van der Waals surface area (Å²) < 4.78 is 0. The molecule has 1 heterocycles. The molecule has 1 aliphatic heterocycles. The van der Waals surface area contributed by atoms with Gasteiger partial charge in [0.1, 0.15) is 0 Å². The second-order valence-corrected chi connectivity index (χ2v) is 9.62. The molecule has 5 rings (SSSR count). The Kier molecular flexibility index (Phi) is 3.99. The van der Waals surface area contributed by atoms with Crippen LogP contribution in [0.25, 0.3) is 11.1 Å². The number of rotatable bonds is 3. The van der Waals surface area contributed by atoms with Gasteiger partial charge in [-0.15, -0.1) is 0 Å². The summed E-state index contributed by atoms with van der Waals surface area (Å²) in [5.74, 6) is 0.684. The fourth-order valence-electron chi connectivity index (χ4n) is 5.25. The van der Waals surface area contributed by atoms with E-state index in [-0.39, 0.29) is 0 Å². The summed E-state index contributed by atoms with van der Waals surface area (Å²) in [4.78, 5) is 2.44. The van der Waals surface area contributed by atoms with Crippen LogP contribution in [-0.4, -0.2) is 28.7 Å². The Morgan fingerprint density at radius 2 is 1.81 bits per heavy atom. The minimum absolute atomic E-state index is 0.466. The first-order valence-electron chi connectivity index (χ1n) is 10.2. The van der Waals surface area contributed by atoms with Crippen molar-refractivity contribution in [1.29, 1.82) is 0 Å². The fourth-order valence-corrected chi connectivity index (χ4v) is 5.58. The summed E-state index contributed by atoms with van der Waals surface area (Å²) in [6.07, 6.45) is 4.85. The smallest absolute Gasteiger partial charge is 0.0872 e. The zero-order valence-corrected chi connectivity index (χ0v) is 17.2. The molecule has 0 aromatic heterocycles. The Bertz CT molecular complexity index is 920. The molecule has 2 aromatic rings. The summed E-state index contributed by atoms with van der Waals surface area (Å²) in [5.41, 5.74) is 9.14. The topological polar surface area (TPSA) is 23.5 Å². The average Bonchev–Trinajstić information content (AvgIpc) is 3.34. The zero-order valence-electron chi connectivity index (χ0n) is 16.5. The van der Waals surface area contributed by atoms with Crippen molar-refractivity contribution in [2.45, 2.75) is 64.0 Å². The average molecular weight is 382 g/mol. The Labute approximate surface area is 167 Å². The molecule has 1 atom stereocenters. The van der Waals surface area contributed by atoms with Gasteiger partial charge in [0.2, 0.25) is 0 Å². The summed E-state index contributed by atoms with van der Waals surface area (Å²) in [6.45, 7) is 8.03. The Morgan fingerprint density at radius 3 is 2.44 bits per heavy atom. The van der Waals surface area contributed by atoms with Gasteiger partial charge in [0.25, 0.3) is 0 Å². The van der Waals surface area contributed by atoms with E-state index in [1.807, 2.05) is 6.92 Å². The molecule has 0 amide bonds. The van der Waals surface area contributed by atoms with Crippen molar-refractivity contribution in [1.82, 2.24) is 4.90 Å². The van der Waals surface area contributed by atoms with E-state index in [4.69, 9.17) is 11.6 Å². The van der Waals surface area contributed by atoms with E-state index in [9.17, 15) is 5.11 Å². The monoisotopic (exact) mass is 381 g/mol. The Balaban J connectivity index is 1.51. The maximum Gasteiger partial charge on any atom is 0.0872 e. The predicted molar refractivity (Wildman–Crippen MR) is 112 cm³/mol. The van der Waals surface area contributed by atoms with Crippen LogP contribution in [0.2, 0.25) is 5.02 Å². The van der Waals surface area contributed by atoms with E-state index >= 15 is 0 Å². The lowest BCUT2D eigenvalue weighted by Gasteiger charge is -2.48. The molecule has 2 fully saturated rings. The van der Waals surface area contributed by atoms with Crippen LogP contribution >= 0.6 is 11.6 Å². The van der Waals surface area contributed by atoms with Gasteiger partial charge in [-0.05, 0) is 97.4 Å². The van der Waals surface area contributed by atoms with E-state index in [0.717, 1.165) is 31.0 Å². The third kappa shape index (κ3) is 2.93. The van der Waals surface area contributed by atoms with Crippen molar-refractivity contribution >= 4 is 11.6 Å². The van der Waals surface area contributed by atoms with Crippen molar-refractivity contribution in [2.75, 3.05) is 13.1 Å². The minimum atomic E-state index is -0.508.